The number of allylic oxidation sites excluding steroid dienone is 1. The van der Waals surface area contributed by atoms with Gasteiger partial charge in [0.25, 0.3) is 5.91 Å². The van der Waals surface area contributed by atoms with Crippen LogP contribution < -0.4 is 10.6 Å². The van der Waals surface area contributed by atoms with Gasteiger partial charge in [-0.25, -0.2) is 9.07 Å². The van der Waals surface area contributed by atoms with Crippen molar-refractivity contribution in [3.8, 4) is 11.4 Å². The van der Waals surface area contributed by atoms with E-state index in [2.05, 4.69) is 20.7 Å². The minimum absolute atomic E-state index is 0.303. The van der Waals surface area contributed by atoms with Crippen molar-refractivity contribution in [3.05, 3.63) is 105 Å². The lowest BCUT2D eigenvalue weighted by atomic mass is 9.95. The molecule has 5 rings (SSSR count). The van der Waals surface area contributed by atoms with Gasteiger partial charge in [-0.1, -0.05) is 53.5 Å². The predicted octanol–water partition coefficient (Wildman–Crippen LogP) is 6.32. The van der Waals surface area contributed by atoms with Gasteiger partial charge >= 0.3 is 0 Å². The molecule has 1 aliphatic rings. The summed E-state index contributed by atoms with van der Waals surface area (Å²) >= 11 is 12.2. The Bertz CT molecular complexity index is 1420. The topological polar surface area (TPSA) is 71.8 Å². The van der Waals surface area contributed by atoms with Gasteiger partial charge in [-0.15, -0.1) is 5.10 Å². The van der Waals surface area contributed by atoms with Crippen molar-refractivity contribution >= 4 is 40.7 Å². The maximum Gasteiger partial charge on any atom is 0.255 e. The van der Waals surface area contributed by atoms with Crippen LogP contribution in [0.3, 0.4) is 0 Å². The van der Waals surface area contributed by atoms with Gasteiger partial charge in [0.1, 0.15) is 11.9 Å². The summed E-state index contributed by atoms with van der Waals surface area (Å²) in [7, 11) is 0. The van der Waals surface area contributed by atoms with Crippen molar-refractivity contribution in [3.63, 3.8) is 0 Å². The number of rotatable bonds is 4. The van der Waals surface area contributed by atoms with Gasteiger partial charge in [-0.05, 0) is 55.0 Å². The molecule has 0 radical (unpaired) electrons. The lowest BCUT2D eigenvalue weighted by molar-refractivity contribution is -0.113. The number of para-hydroxylation sites is 1. The summed E-state index contributed by atoms with van der Waals surface area (Å²) in [5, 5.41) is 11.6. The summed E-state index contributed by atoms with van der Waals surface area (Å²) in [6.07, 6.45) is 0. The third kappa shape index (κ3) is 4.16. The van der Waals surface area contributed by atoms with E-state index in [1.807, 2.05) is 18.2 Å². The molecule has 34 heavy (non-hydrogen) atoms. The number of nitrogens with zero attached hydrogens (tertiary/aromatic N) is 3. The van der Waals surface area contributed by atoms with Crippen LogP contribution >= 0.6 is 23.2 Å². The van der Waals surface area contributed by atoms with Crippen LogP contribution in [0.4, 0.5) is 16.0 Å². The highest BCUT2D eigenvalue weighted by Crippen LogP contribution is 2.37. The molecule has 170 valence electrons. The molecule has 2 N–H and O–H groups in total. The fourth-order valence-corrected chi connectivity index (χ4v) is 4.17. The Morgan fingerprint density at radius 1 is 1.03 bits per heavy atom. The Hall–Kier alpha value is -3.68. The Kier molecular flexibility index (Phi) is 5.81. The van der Waals surface area contributed by atoms with Gasteiger partial charge in [0, 0.05) is 16.9 Å². The summed E-state index contributed by atoms with van der Waals surface area (Å²) in [5.74, 6) is 0.182. The fourth-order valence-electron chi connectivity index (χ4n) is 3.88. The van der Waals surface area contributed by atoms with Crippen LogP contribution in [0.15, 0.2) is 84.1 Å². The van der Waals surface area contributed by atoms with E-state index in [9.17, 15) is 9.18 Å². The van der Waals surface area contributed by atoms with Crippen LogP contribution in [0.25, 0.3) is 11.4 Å². The molecule has 9 heteroatoms. The number of halogens is 3. The first-order valence-electron chi connectivity index (χ1n) is 10.4. The molecule has 0 bridgehead atoms. The van der Waals surface area contributed by atoms with Crippen molar-refractivity contribution in [2.45, 2.75) is 13.0 Å². The second-order valence-corrected chi connectivity index (χ2v) is 8.58. The zero-order chi connectivity index (χ0) is 23.8. The first-order chi connectivity index (χ1) is 16.4. The number of aromatic nitrogens is 3. The molecule has 0 saturated carbocycles. The quantitative estimate of drug-likeness (QED) is 0.349. The number of hydrogen-bond donors (Lipinski definition) is 2. The van der Waals surface area contributed by atoms with Crippen molar-refractivity contribution in [2.24, 2.45) is 0 Å². The van der Waals surface area contributed by atoms with Gasteiger partial charge in [0.2, 0.25) is 5.95 Å². The number of carbonyl (C=O) groups is 1. The summed E-state index contributed by atoms with van der Waals surface area (Å²) in [6, 6.07) is 19.6. The summed E-state index contributed by atoms with van der Waals surface area (Å²) in [6.45, 7) is 1.80. The second kappa shape index (κ2) is 8.93. The van der Waals surface area contributed by atoms with Gasteiger partial charge in [0.05, 0.1) is 15.6 Å². The first-order valence-corrected chi connectivity index (χ1v) is 11.2. The summed E-state index contributed by atoms with van der Waals surface area (Å²) in [4.78, 5) is 18.0. The zero-order valence-corrected chi connectivity index (χ0v) is 19.4. The third-order valence-corrected chi connectivity index (χ3v) is 6.23. The minimum atomic E-state index is -0.635. The van der Waals surface area contributed by atoms with Crippen molar-refractivity contribution in [2.75, 3.05) is 10.6 Å². The van der Waals surface area contributed by atoms with Crippen LogP contribution in [-0.2, 0) is 4.79 Å². The zero-order valence-electron chi connectivity index (χ0n) is 17.9. The van der Waals surface area contributed by atoms with Crippen LogP contribution in [0, 0.1) is 5.82 Å². The highest BCUT2D eigenvalue weighted by atomic mass is 35.5. The molecule has 2 heterocycles. The van der Waals surface area contributed by atoms with E-state index in [1.54, 1.807) is 54.1 Å². The molecule has 4 aromatic rings. The number of amides is 1. The number of nitrogens with one attached hydrogen (secondary N) is 2. The number of fused-ring (bicyclic) bond motifs is 1. The van der Waals surface area contributed by atoms with E-state index < -0.39 is 6.04 Å². The molecule has 0 fully saturated rings. The van der Waals surface area contributed by atoms with E-state index in [4.69, 9.17) is 23.2 Å². The van der Waals surface area contributed by atoms with Crippen LogP contribution in [-0.4, -0.2) is 20.7 Å². The lowest BCUT2D eigenvalue weighted by Crippen LogP contribution is -2.31. The van der Waals surface area contributed by atoms with E-state index in [-0.39, 0.29) is 11.7 Å². The number of carbonyl (C=O) groups excluding carboxylic acids is 1. The SMILES string of the molecule is CC1=C(C(=O)Nc2ccccc2)C(c2ccc(F)cc2)n2nc(-c3ccc(Cl)c(Cl)c3)nc2N1. The molecule has 1 aromatic heterocycles. The molecule has 1 aliphatic heterocycles. The number of anilines is 2. The lowest BCUT2D eigenvalue weighted by Gasteiger charge is -2.28. The maximum atomic E-state index is 13.7. The average molecular weight is 494 g/mol. The molecule has 6 nitrogen and oxygen atoms in total. The van der Waals surface area contributed by atoms with Crippen LogP contribution in [0.2, 0.25) is 10.0 Å². The Balaban J connectivity index is 1.60. The highest BCUT2D eigenvalue weighted by Gasteiger charge is 2.34. The Morgan fingerprint density at radius 3 is 2.47 bits per heavy atom. The van der Waals surface area contributed by atoms with Gasteiger partial charge in [-0.2, -0.15) is 4.98 Å². The van der Waals surface area contributed by atoms with E-state index in [0.717, 1.165) is 0 Å². The molecule has 0 aliphatic carbocycles. The Morgan fingerprint density at radius 2 is 1.76 bits per heavy atom. The minimum Gasteiger partial charge on any atom is -0.328 e. The van der Waals surface area contributed by atoms with E-state index >= 15 is 0 Å². The van der Waals surface area contributed by atoms with Gasteiger partial charge in [0.15, 0.2) is 5.82 Å². The maximum absolute atomic E-state index is 13.7. The van der Waals surface area contributed by atoms with Gasteiger partial charge < -0.3 is 10.6 Å². The van der Waals surface area contributed by atoms with Crippen molar-refractivity contribution < 1.29 is 9.18 Å². The molecule has 0 saturated heterocycles. The molecule has 1 unspecified atom stereocenters. The van der Waals surface area contributed by atoms with Crippen LogP contribution in [0.1, 0.15) is 18.5 Å². The highest BCUT2D eigenvalue weighted by molar-refractivity contribution is 6.42. The smallest absolute Gasteiger partial charge is 0.255 e. The molecule has 1 atom stereocenters. The standard InChI is InChI=1S/C25H18Cl2FN5O/c1-14-21(24(34)30-18-5-3-2-4-6-18)22(15-7-10-17(28)11-8-15)33-25(29-14)31-23(32-33)16-9-12-19(26)20(27)13-16/h2-13,22H,1H3,(H,30,34)(H,29,31,32). The van der Waals surface area contributed by atoms with E-state index in [1.165, 1.54) is 12.1 Å². The van der Waals surface area contributed by atoms with Crippen molar-refractivity contribution in [1.82, 2.24) is 14.8 Å². The third-order valence-electron chi connectivity index (χ3n) is 5.49. The van der Waals surface area contributed by atoms with Crippen molar-refractivity contribution in [1.29, 1.82) is 0 Å². The fraction of sp³-hybridized carbons (Fsp3) is 0.0800. The molecular weight excluding hydrogens is 476 g/mol. The molecular formula is C25H18Cl2FN5O. The number of hydrogen-bond acceptors (Lipinski definition) is 4. The van der Waals surface area contributed by atoms with Crippen LogP contribution in [0.5, 0.6) is 0 Å². The second-order valence-electron chi connectivity index (χ2n) is 7.77. The van der Waals surface area contributed by atoms with E-state index in [0.29, 0.717) is 49.9 Å². The molecule has 3 aromatic carbocycles. The Labute approximate surface area is 205 Å². The largest absolute Gasteiger partial charge is 0.328 e. The summed E-state index contributed by atoms with van der Waals surface area (Å²) < 4.78 is 15.3. The predicted molar refractivity (Wildman–Crippen MR) is 131 cm³/mol. The number of benzene rings is 3. The van der Waals surface area contributed by atoms with Gasteiger partial charge in [-0.3, -0.25) is 4.79 Å². The monoisotopic (exact) mass is 493 g/mol. The first kappa shape index (κ1) is 22.1. The molecule has 1 amide bonds. The summed E-state index contributed by atoms with van der Waals surface area (Å²) in [5.41, 5.74) is 3.07. The molecule has 0 spiro atoms. The average Bonchev–Trinajstić information content (AvgIpc) is 3.24. The normalized spacial score (nSPS) is 15.0.